The van der Waals surface area contributed by atoms with Crippen LogP contribution in [0.4, 0.5) is 0 Å². The molecule has 0 amide bonds. The number of carbonyl (C=O) groups is 1. The molecule has 0 aliphatic carbocycles. The zero-order valence-electron chi connectivity index (χ0n) is 12.9. The molecule has 0 radical (unpaired) electrons. The minimum Gasteiger partial charge on any atom is -0.481 e. The molecule has 2 heteroatoms. The topological polar surface area (TPSA) is 37.3 Å². The standard InChI is InChI=1S/C18H30O2/c1-2-3-4-5-6-7-8-9-10-11-12-13-14-15-16-17-18(19)20/h6-7,10-13H,2-5,8-9,14-17H2,1H3,(H,19,20)/b7-6-,11-10-,13-12+. The Labute approximate surface area is 124 Å². The molecular weight excluding hydrogens is 248 g/mol. The Bertz CT molecular complexity index is 301. The van der Waals surface area contributed by atoms with Crippen LogP contribution < -0.4 is 0 Å². The van der Waals surface area contributed by atoms with Crippen LogP contribution in [0.3, 0.4) is 0 Å². The fourth-order valence-electron chi connectivity index (χ4n) is 1.83. The van der Waals surface area contributed by atoms with Gasteiger partial charge >= 0.3 is 5.97 Å². The van der Waals surface area contributed by atoms with Crippen molar-refractivity contribution in [2.45, 2.75) is 71.1 Å². The van der Waals surface area contributed by atoms with Crippen molar-refractivity contribution >= 4 is 5.97 Å². The van der Waals surface area contributed by atoms with E-state index in [0.29, 0.717) is 0 Å². The Hall–Kier alpha value is -1.31. The van der Waals surface area contributed by atoms with Gasteiger partial charge in [0.15, 0.2) is 0 Å². The third-order valence-electron chi connectivity index (χ3n) is 3.04. The van der Waals surface area contributed by atoms with Crippen molar-refractivity contribution in [3.63, 3.8) is 0 Å². The predicted molar refractivity (Wildman–Crippen MR) is 86.9 cm³/mol. The molecule has 20 heavy (non-hydrogen) atoms. The number of unbranched alkanes of at least 4 members (excludes halogenated alkanes) is 6. The van der Waals surface area contributed by atoms with Crippen LogP contribution in [0.2, 0.25) is 0 Å². The van der Waals surface area contributed by atoms with Gasteiger partial charge in [0, 0.05) is 6.42 Å². The zero-order valence-corrected chi connectivity index (χ0v) is 12.9. The van der Waals surface area contributed by atoms with Gasteiger partial charge in [-0.2, -0.15) is 0 Å². The third-order valence-corrected chi connectivity index (χ3v) is 3.04. The van der Waals surface area contributed by atoms with E-state index < -0.39 is 5.97 Å². The van der Waals surface area contributed by atoms with E-state index in [1.54, 1.807) is 0 Å². The summed E-state index contributed by atoms with van der Waals surface area (Å²) in [6.07, 6.45) is 23.4. The first-order valence-corrected chi connectivity index (χ1v) is 7.95. The normalized spacial score (nSPS) is 12.1. The minimum absolute atomic E-state index is 0.286. The van der Waals surface area contributed by atoms with Crippen molar-refractivity contribution in [3.8, 4) is 0 Å². The molecule has 0 aromatic carbocycles. The molecule has 0 fully saturated rings. The van der Waals surface area contributed by atoms with Gasteiger partial charge in [-0.25, -0.2) is 0 Å². The number of carboxylic acid groups (broad SMARTS) is 1. The highest BCUT2D eigenvalue weighted by molar-refractivity contribution is 5.66. The molecule has 0 bridgehead atoms. The van der Waals surface area contributed by atoms with E-state index in [1.807, 2.05) is 0 Å². The molecule has 114 valence electrons. The molecule has 0 rings (SSSR count). The summed E-state index contributed by atoms with van der Waals surface area (Å²) < 4.78 is 0. The maximum absolute atomic E-state index is 10.3. The lowest BCUT2D eigenvalue weighted by Gasteiger charge is -1.92. The quantitative estimate of drug-likeness (QED) is 0.268. The zero-order chi connectivity index (χ0) is 14.9. The largest absolute Gasteiger partial charge is 0.481 e. The lowest BCUT2D eigenvalue weighted by molar-refractivity contribution is -0.137. The Morgan fingerprint density at radius 2 is 1.35 bits per heavy atom. The molecule has 1 N–H and O–H groups in total. The first-order valence-electron chi connectivity index (χ1n) is 7.95. The van der Waals surface area contributed by atoms with E-state index in [4.69, 9.17) is 5.11 Å². The molecule has 0 spiro atoms. The third kappa shape index (κ3) is 16.7. The van der Waals surface area contributed by atoms with Crippen LogP contribution in [0.5, 0.6) is 0 Å². The van der Waals surface area contributed by atoms with E-state index >= 15 is 0 Å². The molecule has 0 unspecified atom stereocenters. The fourth-order valence-corrected chi connectivity index (χ4v) is 1.83. The highest BCUT2D eigenvalue weighted by atomic mass is 16.4. The minimum atomic E-state index is -0.698. The molecule has 0 aliphatic heterocycles. The molecule has 0 aliphatic rings. The van der Waals surface area contributed by atoms with Crippen molar-refractivity contribution in [2.75, 3.05) is 0 Å². The van der Waals surface area contributed by atoms with Crippen molar-refractivity contribution < 1.29 is 9.90 Å². The lowest BCUT2D eigenvalue weighted by Crippen LogP contribution is -1.92. The highest BCUT2D eigenvalue weighted by Crippen LogP contribution is 2.02. The summed E-state index contributed by atoms with van der Waals surface area (Å²) in [6.45, 7) is 2.23. The summed E-state index contributed by atoms with van der Waals surface area (Å²) in [5, 5.41) is 8.48. The molecular formula is C18H30O2. The first kappa shape index (κ1) is 18.7. The van der Waals surface area contributed by atoms with Gasteiger partial charge in [0.1, 0.15) is 0 Å². The Morgan fingerprint density at radius 3 is 2.05 bits per heavy atom. The van der Waals surface area contributed by atoms with Crippen LogP contribution in [0.15, 0.2) is 36.5 Å². The molecule has 2 nitrogen and oxygen atoms in total. The van der Waals surface area contributed by atoms with Gasteiger partial charge < -0.3 is 5.11 Å². The monoisotopic (exact) mass is 278 g/mol. The molecule has 0 saturated heterocycles. The molecule has 0 atom stereocenters. The predicted octanol–water partition coefficient (Wildman–Crippen LogP) is 5.66. The second-order valence-corrected chi connectivity index (χ2v) is 5.04. The van der Waals surface area contributed by atoms with E-state index in [2.05, 4.69) is 43.4 Å². The van der Waals surface area contributed by atoms with Crippen LogP contribution in [-0.2, 0) is 4.79 Å². The first-order chi connectivity index (χ1) is 9.77. The van der Waals surface area contributed by atoms with Gasteiger partial charge in [-0.1, -0.05) is 56.2 Å². The average molecular weight is 278 g/mol. The van der Waals surface area contributed by atoms with Crippen LogP contribution in [0.1, 0.15) is 71.1 Å². The van der Waals surface area contributed by atoms with Crippen molar-refractivity contribution in [1.82, 2.24) is 0 Å². The Balaban J connectivity index is 3.32. The number of hydrogen-bond donors (Lipinski definition) is 1. The van der Waals surface area contributed by atoms with Gasteiger partial charge in [-0.3, -0.25) is 4.79 Å². The number of aliphatic carboxylic acids is 1. The average Bonchev–Trinajstić information content (AvgIpc) is 2.43. The Morgan fingerprint density at radius 1 is 0.800 bits per heavy atom. The number of rotatable bonds is 13. The second kappa shape index (κ2) is 15.7. The van der Waals surface area contributed by atoms with Crippen LogP contribution >= 0.6 is 0 Å². The number of carboxylic acids is 1. The number of hydrogen-bond acceptors (Lipinski definition) is 1. The Kier molecular flexibility index (Phi) is 14.7. The van der Waals surface area contributed by atoms with Crippen molar-refractivity contribution in [3.05, 3.63) is 36.5 Å². The summed E-state index contributed by atoms with van der Waals surface area (Å²) in [7, 11) is 0. The summed E-state index contributed by atoms with van der Waals surface area (Å²) in [5.74, 6) is -0.698. The van der Waals surface area contributed by atoms with Gasteiger partial charge in [0.25, 0.3) is 0 Å². The van der Waals surface area contributed by atoms with Gasteiger partial charge in [0.05, 0.1) is 0 Å². The summed E-state index contributed by atoms with van der Waals surface area (Å²) in [5.41, 5.74) is 0. The van der Waals surface area contributed by atoms with Gasteiger partial charge in [0.2, 0.25) is 0 Å². The molecule has 0 saturated carbocycles. The SMILES string of the molecule is CCCCC/C=C\CC/C=C\C=C\CCCCC(=O)O. The smallest absolute Gasteiger partial charge is 0.303 e. The lowest BCUT2D eigenvalue weighted by atomic mass is 10.2. The fraction of sp³-hybridized carbons (Fsp3) is 0.611. The summed E-state index contributed by atoms with van der Waals surface area (Å²) in [4.78, 5) is 10.3. The summed E-state index contributed by atoms with van der Waals surface area (Å²) >= 11 is 0. The van der Waals surface area contributed by atoms with Crippen LogP contribution in [0, 0.1) is 0 Å². The highest BCUT2D eigenvalue weighted by Gasteiger charge is 1.93. The van der Waals surface area contributed by atoms with E-state index in [1.165, 1.54) is 25.7 Å². The maximum Gasteiger partial charge on any atom is 0.303 e. The van der Waals surface area contributed by atoms with Crippen LogP contribution in [0.25, 0.3) is 0 Å². The van der Waals surface area contributed by atoms with E-state index in [-0.39, 0.29) is 6.42 Å². The molecule has 0 aromatic rings. The van der Waals surface area contributed by atoms with Crippen molar-refractivity contribution in [1.29, 1.82) is 0 Å². The number of allylic oxidation sites excluding steroid dienone is 6. The summed E-state index contributed by atoms with van der Waals surface area (Å²) in [6, 6.07) is 0. The second-order valence-electron chi connectivity index (χ2n) is 5.04. The van der Waals surface area contributed by atoms with Crippen molar-refractivity contribution in [2.24, 2.45) is 0 Å². The van der Waals surface area contributed by atoms with Gasteiger partial charge in [-0.15, -0.1) is 0 Å². The van der Waals surface area contributed by atoms with E-state index in [9.17, 15) is 4.79 Å². The maximum atomic E-state index is 10.3. The van der Waals surface area contributed by atoms with Crippen LogP contribution in [-0.4, -0.2) is 11.1 Å². The van der Waals surface area contributed by atoms with Gasteiger partial charge in [-0.05, 0) is 44.9 Å². The molecule has 0 aromatic heterocycles. The van der Waals surface area contributed by atoms with E-state index in [0.717, 1.165) is 32.1 Å². The molecule has 0 heterocycles.